The maximum atomic E-state index is 12.2. The first-order valence-electron chi connectivity index (χ1n) is 7.35. The fraction of sp³-hybridized carbons (Fsp3) is 0.571. The Hall–Kier alpha value is -2.38. The maximum absolute atomic E-state index is 12.2. The molecular formula is C14H15N3O5. The van der Waals surface area contributed by atoms with Crippen molar-refractivity contribution in [3.63, 3.8) is 0 Å². The summed E-state index contributed by atoms with van der Waals surface area (Å²) in [6, 6.07) is 1.72. The fourth-order valence-corrected chi connectivity index (χ4v) is 2.78. The van der Waals surface area contributed by atoms with Gasteiger partial charge in [-0.25, -0.2) is 9.69 Å². The molecule has 3 amide bonds. The van der Waals surface area contributed by atoms with Crippen molar-refractivity contribution in [2.24, 2.45) is 5.92 Å². The van der Waals surface area contributed by atoms with Crippen LogP contribution in [-0.4, -0.2) is 59.1 Å². The molecule has 116 valence electrons. The van der Waals surface area contributed by atoms with E-state index in [4.69, 9.17) is 4.52 Å². The molecule has 8 heteroatoms. The average Bonchev–Trinajstić information content (AvgIpc) is 3.11. The van der Waals surface area contributed by atoms with Gasteiger partial charge in [0.15, 0.2) is 12.3 Å². The molecule has 0 bridgehead atoms. The maximum Gasteiger partial charge on any atom is 0.417 e. The number of cyclic esters (lactones) is 1. The number of carbonyl (C=O) groups excluding carboxylic acids is 3. The second-order valence-corrected chi connectivity index (χ2v) is 6.02. The van der Waals surface area contributed by atoms with E-state index in [1.165, 1.54) is 0 Å². The van der Waals surface area contributed by atoms with Gasteiger partial charge in [-0.15, -0.1) is 0 Å². The summed E-state index contributed by atoms with van der Waals surface area (Å²) < 4.78 is 9.84. The summed E-state index contributed by atoms with van der Waals surface area (Å²) in [7, 11) is 0. The van der Waals surface area contributed by atoms with E-state index in [-0.39, 0.29) is 24.3 Å². The minimum absolute atomic E-state index is 0.0911. The predicted octanol–water partition coefficient (Wildman–Crippen LogP) is 0.603. The zero-order valence-electron chi connectivity index (χ0n) is 11.9. The van der Waals surface area contributed by atoms with Crippen LogP contribution >= 0.6 is 0 Å². The molecule has 1 saturated carbocycles. The topological polar surface area (TPSA) is 93.0 Å². The van der Waals surface area contributed by atoms with Crippen LogP contribution in [0.2, 0.25) is 0 Å². The fourth-order valence-electron chi connectivity index (χ4n) is 2.78. The van der Waals surface area contributed by atoms with E-state index in [1.807, 2.05) is 0 Å². The van der Waals surface area contributed by atoms with Gasteiger partial charge in [-0.3, -0.25) is 9.59 Å². The zero-order chi connectivity index (χ0) is 15.3. The first kappa shape index (κ1) is 13.3. The molecule has 0 aromatic carbocycles. The van der Waals surface area contributed by atoms with Gasteiger partial charge in [0.1, 0.15) is 5.76 Å². The molecule has 1 aromatic heterocycles. The molecule has 0 unspecified atom stereocenters. The molecule has 1 aliphatic carbocycles. The van der Waals surface area contributed by atoms with Crippen molar-refractivity contribution in [2.45, 2.75) is 18.8 Å². The Morgan fingerprint density at radius 2 is 2.09 bits per heavy atom. The standard InChI is InChI=1S/C14H15N3O5/c18-12-7-21-14(20)17(12)6-8-4-16(5-8)13(19)10-3-11(22-15-10)9-1-2-9/h3,8-9H,1-2,4-7H2. The smallest absolute Gasteiger partial charge is 0.417 e. The van der Waals surface area contributed by atoms with Gasteiger partial charge in [0.05, 0.1) is 0 Å². The van der Waals surface area contributed by atoms with Crippen LogP contribution in [0, 0.1) is 5.92 Å². The largest absolute Gasteiger partial charge is 0.439 e. The normalized spacial score (nSPS) is 22.0. The highest BCUT2D eigenvalue weighted by Gasteiger charge is 2.39. The van der Waals surface area contributed by atoms with E-state index >= 15 is 0 Å². The van der Waals surface area contributed by atoms with Crippen LogP contribution in [0.4, 0.5) is 4.79 Å². The minimum Gasteiger partial charge on any atom is -0.439 e. The summed E-state index contributed by atoms with van der Waals surface area (Å²) in [5.74, 6) is 0.812. The molecule has 3 aliphatic rings. The van der Waals surface area contributed by atoms with Crippen LogP contribution in [0.25, 0.3) is 0 Å². The summed E-state index contributed by atoms with van der Waals surface area (Å²) in [6.45, 7) is 1.12. The molecule has 0 N–H and O–H groups in total. The monoisotopic (exact) mass is 305 g/mol. The number of carbonyl (C=O) groups is 3. The van der Waals surface area contributed by atoms with E-state index in [0.717, 1.165) is 23.5 Å². The molecule has 8 nitrogen and oxygen atoms in total. The number of likely N-dealkylation sites (tertiary alicyclic amines) is 1. The van der Waals surface area contributed by atoms with E-state index < -0.39 is 6.09 Å². The van der Waals surface area contributed by atoms with E-state index in [2.05, 4.69) is 9.89 Å². The lowest BCUT2D eigenvalue weighted by Gasteiger charge is -2.39. The highest BCUT2D eigenvalue weighted by molar-refractivity contribution is 5.98. The van der Waals surface area contributed by atoms with Gasteiger partial charge in [-0.05, 0) is 12.8 Å². The summed E-state index contributed by atoms with van der Waals surface area (Å²) in [5.41, 5.74) is 0.331. The Kier molecular flexibility index (Phi) is 2.91. The summed E-state index contributed by atoms with van der Waals surface area (Å²) in [6.07, 6.45) is 1.59. The summed E-state index contributed by atoms with van der Waals surface area (Å²) in [5, 5.41) is 3.83. The minimum atomic E-state index is -0.597. The van der Waals surface area contributed by atoms with Crippen LogP contribution in [-0.2, 0) is 9.53 Å². The molecule has 3 fully saturated rings. The Balaban J connectivity index is 1.31. The number of amides is 3. The Morgan fingerprint density at radius 3 is 2.73 bits per heavy atom. The molecule has 0 radical (unpaired) electrons. The molecule has 2 aliphatic heterocycles. The molecule has 2 saturated heterocycles. The number of nitrogens with zero attached hydrogens (tertiary/aromatic N) is 3. The van der Waals surface area contributed by atoms with Crippen LogP contribution in [0.1, 0.15) is 35.0 Å². The van der Waals surface area contributed by atoms with Crippen LogP contribution in [0.3, 0.4) is 0 Å². The first-order chi connectivity index (χ1) is 10.6. The van der Waals surface area contributed by atoms with Gasteiger partial charge in [-0.1, -0.05) is 5.16 Å². The number of imide groups is 1. The number of hydrogen-bond acceptors (Lipinski definition) is 6. The van der Waals surface area contributed by atoms with Crippen molar-refractivity contribution in [3.05, 3.63) is 17.5 Å². The zero-order valence-corrected chi connectivity index (χ0v) is 11.9. The third-order valence-corrected chi connectivity index (χ3v) is 4.25. The van der Waals surface area contributed by atoms with Crippen LogP contribution < -0.4 is 0 Å². The summed E-state index contributed by atoms with van der Waals surface area (Å²) >= 11 is 0. The van der Waals surface area contributed by atoms with E-state index in [0.29, 0.717) is 31.2 Å². The molecule has 0 spiro atoms. The van der Waals surface area contributed by atoms with Gasteiger partial charge in [-0.2, -0.15) is 0 Å². The van der Waals surface area contributed by atoms with Gasteiger partial charge < -0.3 is 14.2 Å². The Bertz CT molecular complexity index is 629. The van der Waals surface area contributed by atoms with Crippen molar-refractivity contribution in [1.29, 1.82) is 0 Å². The first-order valence-corrected chi connectivity index (χ1v) is 7.35. The van der Waals surface area contributed by atoms with Crippen molar-refractivity contribution in [3.8, 4) is 0 Å². The van der Waals surface area contributed by atoms with Crippen LogP contribution in [0.5, 0.6) is 0 Å². The molecule has 0 atom stereocenters. The second kappa shape index (κ2) is 4.82. The van der Waals surface area contributed by atoms with Crippen molar-refractivity contribution in [1.82, 2.24) is 15.0 Å². The third kappa shape index (κ3) is 2.24. The average molecular weight is 305 g/mol. The third-order valence-electron chi connectivity index (χ3n) is 4.25. The highest BCUT2D eigenvalue weighted by Crippen LogP contribution is 2.40. The van der Waals surface area contributed by atoms with Crippen molar-refractivity contribution in [2.75, 3.05) is 26.2 Å². The number of hydrogen-bond donors (Lipinski definition) is 0. The molecular weight excluding hydrogens is 290 g/mol. The van der Waals surface area contributed by atoms with Gasteiger partial charge in [0, 0.05) is 37.5 Å². The van der Waals surface area contributed by atoms with E-state index in [1.54, 1.807) is 11.0 Å². The number of aromatic nitrogens is 1. The van der Waals surface area contributed by atoms with Crippen LogP contribution in [0.15, 0.2) is 10.6 Å². The van der Waals surface area contributed by atoms with E-state index in [9.17, 15) is 14.4 Å². The molecule has 1 aromatic rings. The lowest BCUT2D eigenvalue weighted by atomic mass is 9.99. The second-order valence-electron chi connectivity index (χ2n) is 6.02. The highest BCUT2D eigenvalue weighted by atomic mass is 16.6. The molecule has 3 heterocycles. The van der Waals surface area contributed by atoms with Crippen molar-refractivity contribution >= 4 is 17.9 Å². The quantitative estimate of drug-likeness (QED) is 0.809. The molecule has 22 heavy (non-hydrogen) atoms. The number of rotatable bonds is 4. The number of ether oxygens (including phenoxy) is 1. The van der Waals surface area contributed by atoms with Gasteiger partial charge >= 0.3 is 6.09 Å². The molecule has 4 rings (SSSR count). The van der Waals surface area contributed by atoms with Gasteiger partial charge in [0.2, 0.25) is 0 Å². The van der Waals surface area contributed by atoms with Crippen molar-refractivity contribution < 1.29 is 23.6 Å². The lowest BCUT2D eigenvalue weighted by Crippen LogP contribution is -2.54. The Labute approximate surface area is 126 Å². The summed E-state index contributed by atoms with van der Waals surface area (Å²) in [4.78, 5) is 37.8. The Morgan fingerprint density at radius 1 is 1.32 bits per heavy atom. The SMILES string of the molecule is O=C(c1cc(C2CC2)on1)N1CC(CN2C(=O)COC2=O)C1. The predicted molar refractivity (Wildman–Crippen MR) is 70.9 cm³/mol. The van der Waals surface area contributed by atoms with Gasteiger partial charge in [0.25, 0.3) is 11.8 Å². The lowest BCUT2D eigenvalue weighted by molar-refractivity contribution is -0.126.